The molecule has 0 spiro atoms. The van der Waals surface area contributed by atoms with Crippen molar-refractivity contribution in [2.45, 2.75) is 20.3 Å². The Morgan fingerprint density at radius 2 is 2.19 bits per heavy atom. The Hall–Kier alpha value is -1.77. The van der Waals surface area contributed by atoms with Crippen LogP contribution in [0, 0.1) is 6.92 Å². The van der Waals surface area contributed by atoms with E-state index >= 15 is 0 Å². The molecule has 0 saturated carbocycles. The van der Waals surface area contributed by atoms with Crippen molar-refractivity contribution in [1.82, 2.24) is 5.32 Å². The summed E-state index contributed by atoms with van der Waals surface area (Å²) in [7, 11) is 0. The van der Waals surface area contributed by atoms with E-state index in [0.29, 0.717) is 12.3 Å². The molecular formula is C13H15NO2. The highest BCUT2D eigenvalue weighted by Crippen LogP contribution is 2.20. The van der Waals surface area contributed by atoms with Crippen LogP contribution in [0.25, 0.3) is 11.0 Å². The largest absolute Gasteiger partial charge is 0.451 e. The standard InChI is InChI=1S/C13H15NO2/c1-3-6-14-13(15)12-8-10-7-9(2)4-5-11(10)16-12/h4-5,7-8H,3,6H2,1-2H3,(H,14,15). The molecule has 0 unspecified atom stereocenters. The van der Waals surface area contributed by atoms with Crippen LogP contribution in [-0.4, -0.2) is 12.5 Å². The highest BCUT2D eigenvalue weighted by molar-refractivity contribution is 5.96. The van der Waals surface area contributed by atoms with Gasteiger partial charge in [-0.1, -0.05) is 18.6 Å². The molecule has 0 aliphatic heterocycles. The van der Waals surface area contributed by atoms with E-state index in [0.717, 1.165) is 23.0 Å². The molecular weight excluding hydrogens is 202 g/mol. The minimum absolute atomic E-state index is 0.143. The van der Waals surface area contributed by atoms with Gasteiger partial charge in [-0.3, -0.25) is 4.79 Å². The average molecular weight is 217 g/mol. The van der Waals surface area contributed by atoms with E-state index in [2.05, 4.69) is 5.32 Å². The number of hydrogen-bond acceptors (Lipinski definition) is 2. The molecule has 2 aromatic rings. The molecule has 1 heterocycles. The van der Waals surface area contributed by atoms with Crippen LogP contribution in [0.4, 0.5) is 0 Å². The van der Waals surface area contributed by atoms with Crippen molar-refractivity contribution in [3.05, 3.63) is 35.6 Å². The van der Waals surface area contributed by atoms with Crippen LogP contribution in [-0.2, 0) is 0 Å². The summed E-state index contributed by atoms with van der Waals surface area (Å²) in [5, 5.41) is 3.77. The van der Waals surface area contributed by atoms with Crippen molar-refractivity contribution >= 4 is 16.9 Å². The maximum absolute atomic E-state index is 11.7. The molecule has 1 aromatic heterocycles. The van der Waals surface area contributed by atoms with Crippen molar-refractivity contribution in [3.8, 4) is 0 Å². The normalized spacial score (nSPS) is 10.6. The molecule has 0 radical (unpaired) electrons. The fraction of sp³-hybridized carbons (Fsp3) is 0.308. The van der Waals surface area contributed by atoms with Crippen LogP contribution in [0.15, 0.2) is 28.7 Å². The van der Waals surface area contributed by atoms with Gasteiger partial charge in [-0.25, -0.2) is 0 Å². The van der Waals surface area contributed by atoms with E-state index in [-0.39, 0.29) is 5.91 Å². The van der Waals surface area contributed by atoms with Crippen LogP contribution in [0.2, 0.25) is 0 Å². The summed E-state index contributed by atoms with van der Waals surface area (Å²) in [5.74, 6) is 0.241. The Labute approximate surface area is 94.4 Å². The van der Waals surface area contributed by atoms with Crippen LogP contribution in [0.5, 0.6) is 0 Å². The molecule has 1 amide bonds. The van der Waals surface area contributed by atoms with Gasteiger partial charge in [-0.2, -0.15) is 0 Å². The molecule has 0 bridgehead atoms. The zero-order chi connectivity index (χ0) is 11.5. The first-order valence-electron chi connectivity index (χ1n) is 5.49. The van der Waals surface area contributed by atoms with Gasteiger partial charge in [0.1, 0.15) is 5.58 Å². The third-order valence-electron chi connectivity index (χ3n) is 2.43. The van der Waals surface area contributed by atoms with Gasteiger partial charge in [0.15, 0.2) is 5.76 Å². The van der Waals surface area contributed by atoms with Gasteiger partial charge in [0.2, 0.25) is 0 Å². The van der Waals surface area contributed by atoms with E-state index in [9.17, 15) is 4.79 Å². The summed E-state index contributed by atoms with van der Waals surface area (Å²) < 4.78 is 5.47. The number of carbonyl (C=O) groups excluding carboxylic acids is 1. The predicted molar refractivity (Wildman–Crippen MR) is 63.6 cm³/mol. The monoisotopic (exact) mass is 217 g/mol. The van der Waals surface area contributed by atoms with Crippen LogP contribution >= 0.6 is 0 Å². The van der Waals surface area contributed by atoms with Crippen molar-refractivity contribution in [2.75, 3.05) is 6.54 Å². The maximum atomic E-state index is 11.7. The van der Waals surface area contributed by atoms with E-state index in [1.807, 2.05) is 32.0 Å². The molecule has 0 fully saturated rings. The maximum Gasteiger partial charge on any atom is 0.287 e. The summed E-state index contributed by atoms with van der Waals surface area (Å²) in [6.07, 6.45) is 0.922. The first kappa shape index (κ1) is 10.7. The minimum Gasteiger partial charge on any atom is -0.451 e. The SMILES string of the molecule is CCCNC(=O)c1cc2cc(C)ccc2o1. The van der Waals surface area contributed by atoms with E-state index < -0.39 is 0 Å². The predicted octanol–water partition coefficient (Wildman–Crippen LogP) is 2.88. The number of amides is 1. The number of fused-ring (bicyclic) bond motifs is 1. The molecule has 3 nitrogen and oxygen atoms in total. The Kier molecular flexibility index (Phi) is 2.95. The summed E-state index contributed by atoms with van der Waals surface area (Å²) in [4.78, 5) is 11.7. The molecule has 1 aromatic carbocycles. The zero-order valence-electron chi connectivity index (χ0n) is 9.54. The fourth-order valence-corrected chi connectivity index (χ4v) is 1.60. The smallest absolute Gasteiger partial charge is 0.287 e. The van der Waals surface area contributed by atoms with Crippen LogP contribution in [0.1, 0.15) is 29.5 Å². The number of furan rings is 1. The molecule has 0 saturated heterocycles. The Balaban J connectivity index is 2.28. The first-order valence-corrected chi connectivity index (χ1v) is 5.49. The molecule has 3 heteroatoms. The van der Waals surface area contributed by atoms with E-state index in [1.54, 1.807) is 6.07 Å². The number of hydrogen-bond donors (Lipinski definition) is 1. The van der Waals surface area contributed by atoms with Gasteiger partial charge < -0.3 is 9.73 Å². The lowest BCUT2D eigenvalue weighted by atomic mass is 10.2. The summed E-state index contributed by atoms with van der Waals surface area (Å²) in [6, 6.07) is 7.66. The molecule has 0 atom stereocenters. The van der Waals surface area contributed by atoms with Gasteiger partial charge in [0.25, 0.3) is 5.91 Å². The lowest BCUT2D eigenvalue weighted by molar-refractivity contribution is 0.0928. The lowest BCUT2D eigenvalue weighted by Gasteiger charge is -1.98. The van der Waals surface area contributed by atoms with Gasteiger partial charge >= 0.3 is 0 Å². The number of rotatable bonds is 3. The van der Waals surface area contributed by atoms with Gasteiger partial charge in [0, 0.05) is 11.9 Å². The first-order chi connectivity index (χ1) is 7.70. The van der Waals surface area contributed by atoms with Crippen molar-refractivity contribution in [3.63, 3.8) is 0 Å². The fourth-order valence-electron chi connectivity index (χ4n) is 1.60. The second-order valence-corrected chi connectivity index (χ2v) is 3.91. The van der Waals surface area contributed by atoms with Gasteiger partial charge in [-0.05, 0) is 31.5 Å². The van der Waals surface area contributed by atoms with Gasteiger partial charge in [-0.15, -0.1) is 0 Å². The highest BCUT2D eigenvalue weighted by Gasteiger charge is 2.10. The van der Waals surface area contributed by atoms with Crippen molar-refractivity contribution in [1.29, 1.82) is 0 Å². The summed E-state index contributed by atoms with van der Waals surface area (Å²) in [5.41, 5.74) is 1.92. The number of nitrogens with one attached hydrogen (secondary N) is 1. The Morgan fingerprint density at radius 1 is 1.38 bits per heavy atom. The molecule has 84 valence electrons. The van der Waals surface area contributed by atoms with E-state index in [1.165, 1.54) is 0 Å². The molecule has 0 aliphatic rings. The number of aryl methyl sites for hydroxylation is 1. The topological polar surface area (TPSA) is 42.2 Å². The lowest BCUT2D eigenvalue weighted by Crippen LogP contribution is -2.23. The summed E-state index contributed by atoms with van der Waals surface area (Å²) in [6.45, 7) is 4.71. The number of carbonyl (C=O) groups is 1. The van der Waals surface area contributed by atoms with Crippen molar-refractivity contribution in [2.24, 2.45) is 0 Å². The molecule has 16 heavy (non-hydrogen) atoms. The molecule has 1 N–H and O–H groups in total. The van der Waals surface area contributed by atoms with Crippen molar-refractivity contribution < 1.29 is 9.21 Å². The third-order valence-corrected chi connectivity index (χ3v) is 2.43. The average Bonchev–Trinajstić information content (AvgIpc) is 2.68. The molecule has 0 aliphatic carbocycles. The molecule has 2 rings (SSSR count). The minimum atomic E-state index is -0.143. The van der Waals surface area contributed by atoms with Gasteiger partial charge in [0.05, 0.1) is 0 Å². The second-order valence-electron chi connectivity index (χ2n) is 3.91. The number of benzene rings is 1. The highest BCUT2D eigenvalue weighted by atomic mass is 16.3. The zero-order valence-corrected chi connectivity index (χ0v) is 9.54. The van der Waals surface area contributed by atoms with Crippen LogP contribution < -0.4 is 5.32 Å². The quantitative estimate of drug-likeness (QED) is 0.859. The third kappa shape index (κ3) is 2.08. The van der Waals surface area contributed by atoms with E-state index in [4.69, 9.17) is 4.42 Å². The summed E-state index contributed by atoms with van der Waals surface area (Å²) >= 11 is 0. The Bertz CT molecular complexity index is 514. The van der Waals surface area contributed by atoms with Crippen LogP contribution in [0.3, 0.4) is 0 Å². The second kappa shape index (κ2) is 4.39. The Morgan fingerprint density at radius 3 is 2.94 bits per heavy atom.